The van der Waals surface area contributed by atoms with Crippen LogP contribution in [-0.2, 0) is 16.0 Å². The van der Waals surface area contributed by atoms with E-state index in [2.05, 4.69) is 14.8 Å². The number of nitrogens with one attached hydrogen (secondary N) is 1. The zero-order valence-electron chi connectivity index (χ0n) is 13.6. The quantitative estimate of drug-likeness (QED) is 0.844. The van der Waals surface area contributed by atoms with Crippen molar-refractivity contribution >= 4 is 12.1 Å². The molecule has 0 unspecified atom stereocenters. The summed E-state index contributed by atoms with van der Waals surface area (Å²) >= 11 is 0. The molecule has 0 saturated heterocycles. The highest BCUT2D eigenvalue weighted by Crippen LogP contribution is 2.29. The fourth-order valence-electron chi connectivity index (χ4n) is 1.75. The molecule has 0 aliphatic carbocycles. The monoisotopic (exact) mass is 349 g/mol. The second kappa shape index (κ2) is 7.41. The van der Waals surface area contributed by atoms with Gasteiger partial charge in [-0.15, -0.1) is 13.2 Å². The Hall–Kier alpha value is -2.45. The summed E-state index contributed by atoms with van der Waals surface area (Å²) in [7, 11) is 1.03. The molecule has 1 N–H and O–H groups in total. The summed E-state index contributed by atoms with van der Waals surface area (Å²) in [5, 5.41) is 2.36. The largest absolute Gasteiger partial charge is 0.573 e. The van der Waals surface area contributed by atoms with E-state index in [0.717, 1.165) is 13.2 Å². The first kappa shape index (κ1) is 19.6. The number of hydrogen-bond acceptors (Lipinski definition) is 5. The molecular weight excluding hydrogens is 331 g/mol. The average molecular weight is 349 g/mol. The van der Waals surface area contributed by atoms with E-state index in [0.29, 0.717) is 0 Å². The van der Waals surface area contributed by atoms with Crippen LogP contribution in [0.15, 0.2) is 18.2 Å². The molecule has 6 nitrogen and oxygen atoms in total. The zero-order valence-corrected chi connectivity index (χ0v) is 13.6. The number of benzene rings is 1. The Morgan fingerprint density at radius 2 is 1.79 bits per heavy atom. The summed E-state index contributed by atoms with van der Waals surface area (Å²) < 4.78 is 50.7. The highest BCUT2D eigenvalue weighted by Gasteiger charge is 2.34. The van der Waals surface area contributed by atoms with Gasteiger partial charge in [0.15, 0.2) is 0 Å². The van der Waals surface area contributed by atoms with E-state index in [4.69, 9.17) is 4.74 Å². The van der Waals surface area contributed by atoms with Crippen LogP contribution in [0.2, 0.25) is 0 Å². The topological polar surface area (TPSA) is 73.9 Å². The van der Waals surface area contributed by atoms with Crippen molar-refractivity contribution < 1.29 is 37.0 Å². The van der Waals surface area contributed by atoms with E-state index in [9.17, 15) is 22.8 Å². The van der Waals surface area contributed by atoms with Crippen LogP contribution in [0.5, 0.6) is 5.75 Å². The second-order valence-corrected chi connectivity index (χ2v) is 5.69. The predicted molar refractivity (Wildman–Crippen MR) is 77.5 cm³/mol. The average Bonchev–Trinajstić information content (AvgIpc) is 2.41. The maximum absolute atomic E-state index is 12.5. The molecule has 0 aliphatic heterocycles. The summed E-state index contributed by atoms with van der Waals surface area (Å²) in [6.45, 7) is 4.73. The van der Waals surface area contributed by atoms with Crippen molar-refractivity contribution in [3.8, 4) is 5.75 Å². The van der Waals surface area contributed by atoms with Crippen molar-refractivity contribution in [1.82, 2.24) is 5.32 Å². The van der Waals surface area contributed by atoms with Crippen molar-refractivity contribution in [2.45, 2.75) is 39.3 Å². The van der Waals surface area contributed by atoms with Crippen molar-refractivity contribution in [2.75, 3.05) is 7.11 Å². The number of methoxy groups -OCH3 is 1. The van der Waals surface area contributed by atoms with Gasteiger partial charge in [0.1, 0.15) is 16.9 Å². The number of carbonyl (C=O) groups excluding carboxylic acids is 2. The van der Waals surface area contributed by atoms with Gasteiger partial charge in [-0.25, -0.2) is 9.59 Å². The van der Waals surface area contributed by atoms with E-state index >= 15 is 0 Å². The van der Waals surface area contributed by atoms with Crippen LogP contribution in [0.3, 0.4) is 0 Å². The van der Waals surface area contributed by atoms with Gasteiger partial charge in [0.2, 0.25) is 0 Å². The summed E-state index contributed by atoms with van der Waals surface area (Å²) in [5.74, 6) is -1.73. The molecule has 0 fully saturated rings. The number of hydrogen-bond donors (Lipinski definition) is 1. The maximum atomic E-state index is 12.5. The Balaban J connectivity index is 3.03. The molecule has 0 atom stereocenters. The second-order valence-electron chi connectivity index (χ2n) is 5.69. The molecule has 0 bridgehead atoms. The lowest BCUT2D eigenvalue weighted by Crippen LogP contribution is -2.32. The van der Waals surface area contributed by atoms with Gasteiger partial charge in [0, 0.05) is 6.54 Å². The Morgan fingerprint density at radius 1 is 1.17 bits per heavy atom. The minimum Gasteiger partial charge on any atom is -0.465 e. The molecule has 1 rings (SSSR count). The van der Waals surface area contributed by atoms with Crippen molar-refractivity contribution in [2.24, 2.45) is 0 Å². The third kappa shape index (κ3) is 6.35. The Labute approximate surface area is 136 Å². The highest BCUT2D eigenvalue weighted by molar-refractivity contribution is 5.94. The molecule has 0 aliphatic rings. The molecule has 1 amide bonds. The predicted octanol–water partition coefficient (Wildman–Crippen LogP) is 3.40. The Kier molecular flexibility index (Phi) is 6.05. The van der Waals surface area contributed by atoms with Crippen LogP contribution < -0.4 is 10.1 Å². The SMILES string of the molecule is COC(=O)c1c(CNC(=O)OC(C)(C)C)cccc1OC(F)(F)F. The number of rotatable bonds is 4. The van der Waals surface area contributed by atoms with Gasteiger partial charge in [0.05, 0.1) is 7.11 Å². The molecule has 0 aromatic heterocycles. The lowest BCUT2D eigenvalue weighted by Gasteiger charge is -2.20. The lowest BCUT2D eigenvalue weighted by atomic mass is 10.1. The molecular formula is C15H18F3NO5. The summed E-state index contributed by atoms with van der Waals surface area (Å²) in [4.78, 5) is 23.4. The van der Waals surface area contributed by atoms with E-state index < -0.39 is 35.3 Å². The lowest BCUT2D eigenvalue weighted by molar-refractivity contribution is -0.274. The summed E-state index contributed by atoms with van der Waals surface area (Å²) in [5.41, 5.74) is -1.07. The van der Waals surface area contributed by atoms with Crippen LogP contribution in [0.25, 0.3) is 0 Å². The van der Waals surface area contributed by atoms with Crippen molar-refractivity contribution in [1.29, 1.82) is 0 Å². The van der Waals surface area contributed by atoms with E-state index in [-0.39, 0.29) is 12.1 Å². The number of amides is 1. The first-order chi connectivity index (χ1) is 10.9. The summed E-state index contributed by atoms with van der Waals surface area (Å²) in [6.07, 6.45) is -5.75. The fraction of sp³-hybridized carbons (Fsp3) is 0.467. The Morgan fingerprint density at radius 3 is 2.29 bits per heavy atom. The number of alkyl carbamates (subject to hydrolysis) is 1. The van der Waals surface area contributed by atoms with E-state index in [1.807, 2.05) is 0 Å². The maximum Gasteiger partial charge on any atom is 0.573 e. The standard InChI is InChI=1S/C15H18F3NO5/c1-14(2,3)24-13(21)19-8-9-6-5-7-10(23-15(16,17)18)11(9)12(20)22-4/h5-7H,8H2,1-4H3,(H,19,21). The smallest absolute Gasteiger partial charge is 0.465 e. The van der Waals surface area contributed by atoms with Crippen LogP contribution in [0.4, 0.5) is 18.0 Å². The molecule has 134 valence electrons. The molecule has 0 spiro atoms. The first-order valence-corrected chi connectivity index (χ1v) is 6.86. The van der Waals surface area contributed by atoms with Crippen molar-refractivity contribution in [3.63, 3.8) is 0 Å². The minimum absolute atomic E-state index is 0.0921. The molecule has 1 aromatic carbocycles. The van der Waals surface area contributed by atoms with Gasteiger partial charge in [-0.2, -0.15) is 0 Å². The highest BCUT2D eigenvalue weighted by atomic mass is 19.4. The number of carbonyl (C=O) groups is 2. The normalized spacial score (nSPS) is 11.6. The zero-order chi connectivity index (χ0) is 18.5. The van der Waals surface area contributed by atoms with Gasteiger partial charge in [-0.3, -0.25) is 0 Å². The van der Waals surface area contributed by atoms with Gasteiger partial charge in [0.25, 0.3) is 0 Å². The number of alkyl halides is 3. The molecule has 9 heteroatoms. The van der Waals surface area contributed by atoms with Gasteiger partial charge < -0.3 is 19.5 Å². The fourth-order valence-corrected chi connectivity index (χ4v) is 1.75. The van der Waals surface area contributed by atoms with Crippen LogP contribution in [0.1, 0.15) is 36.7 Å². The molecule has 1 aromatic rings. The molecule has 0 radical (unpaired) electrons. The number of halogens is 3. The van der Waals surface area contributed by atoms with Gasteiger partial charge >= 0.3 is 18.4 Å². The van der Waals surface area contributed by atoms with E-state index in [1.165, 1.54) is 12.1 Å². The number of ether oxygens (including phenoxy) is 3. The summed E-state index contributed by atoms with van der Waals surface area (Å²) in [6, 6.07) is 3.61. The molecule has 0 saturated carbocycles. The number of esters is 1. The van der Waals surface area contributed by atoms with Crippen LogP contribution in [-0.4, -0.2) is 31.1 Å². The van der Waals surface area contributed by atoms with Crippen molar-refractivity contribution in [3.05, 3.63) is 29.3 Å². The molecule has 0 heterocycles. The molecule has 24 heavy (non-hydrogen) atoms. The Bertz CT molecular complexity index is 608. The van der Waals surface area contributed by atoms with E-state index in [1.54, 1.807) is 20.8 Å². The van der Waals surface area contributed by atoms with Gasteiger partial charge in [-0.05, 0) is 32.4 Å². The minimum atomic E-state index is -4.97. The third-order valence-corrected chi connectivity index (χ3v) is 2.55. The first-order valence-electron chi connectivity index (χ1n) is 6.86. The van der Waals surface area contributed by atoms with Crippen LogP contribution in [0, 0.1) is 0 Å². The van der Waals surface area contributed by atoms with Gasteiger partial charge in [-0.1, -0.05) is 12.1 Å². The third-order valence-electron chi connectivity index (χ3n) is 2.55. The van der Waals surface area contributed by atoms with Crippen LogP contribution >= 0.6 is 0 Å².